The Balaban J connectivity index is 4.58. The molecule has 0 radical (unpaired) electrons. The smallest absolute Gasteiger partial charge is 0.303 e. The Morgan fingerprint density at radius 2 is 1.50 bits per heavy atom. The molecule has 0 aliphatic rings. The normalized spacial score (nSPS) is 11.3. The quantitative estimate of drug-likeness (QED) is 0.663. The van der Waals surface area contributed by atoms with Crippen molar-refractivity contribution >= 4 is 11.9 Å². The third-order valence-corrected chi connectivity index (χ3v) is 2.58. The molecule has 0 aliphatic carbocycles. The highest BCUT2D eigenvalue weighted by molar-refractivity contribution is 5.71. The number of aliphatic carboxylic acids is 2. The van der Waals surface area contributed by atoms with Crippen molar-refractivity contribution in [2.75, 3.05) is 0 Å². The Kier molecular flexibility index (Phi) is 5.20. The first-order valence-electron chi connectivity index (χ1n) is 4.89. The van der Waals surface area contributed by atoms with Gasteiger partial charge in [0.15, 0.2) is 0 Å². The van der Waals surface area contributed by atoms with Gasteiger partial charge < -0.3 is 10.2 Å². The Bertz CT molecular complexity index is 194. The Morgan fingerprint density at radius 3 is 1.71 bits per heavy atom. The SMILES string of the molecule is CCCC(CC)(CC(=O)O)CC(=O)O. The first-order valence-corrected chi connectivity index (χ1v) is 4.89. The van der Waals surface area contributed by atoms with Crippen LogP contribution in [0.4, 0.5) is 0 Å². The minimum atomic E-state index is -0.915. The van der Waals surface area contributed by atoms with E-state index < -0.39 is 17.4 Å². The summed E-state index contributed by atoms with van der Waals surface area (Å²) in [6.07, 6.45) is 1.96. The Hall–Kier alpha value is -1.06. The number of carboxylic acid groups (broad SMARTS) is 2. The lowest BCUT2D eigenvalue weighted by molar-refractivity contribution is -0.144. The third-order valence-electron chi connectivity index (χ3n) is 2.58. The van der Waals surface area contributed by atoms with Crippen LogP contribution in [-0.2, 0) is 9.59 Å². The zero-order valence-electron chi connectivity index (χ0n) is 8.75. The minimum Gasteiger partial charge on any atom is -0.481 e. The summed E-state index contributed by atoms with van der Waals surface area (Å²) >= 11 is 0. The van der Waals surface area contributed by atoms with E-state index >= 15 is 0 Å². The first-order chi connectivity index (χ1) is 6.45. The Morgan fingerprint density at radius 1 is 1.07 bits per heavy atom. The molecule has 0 aromatic rings. The van der Waals surface area contributed by atoms with E-state index in [0.29, 0.717) is 12.8 Å². The molecule has 0 heterocycles. The van der Waals surface area contributed by atoms with Crippen LogP contribution >= 0.6 is 0 Å². The zero-order chi connectivity index (χ0) is 11.2. The van der Waals surface area contributed by atoms with E-state index in [9.17, 15) is 9.59 Å². The minimum absolute atomic E-state index is 0.0519. The van der Waals surface area contributed by atoms with Crippen molar-refractivity contribution in [3.8, 4) is 0 Å². The van der Waals surface area contributed by atoms with Gasteiger partial charge in [0.05, 0.1) is 12.8 Å². The van der Waals surface area contributed by atoms with Gasteiger partial charge in [-0.1, -0.05) is 20.3 Å². The molecule has 82 valence electrons. The summed E-state index contributed by atoms with van der Waals surface area (Å²) in [7, 11) is 0. The van der Waals surface area contributed by atoms with Crippen LogP contribution in [0.15, 0.2) is 0 Å². The molecule has 0 amide bonds. The summed E-state index contributed by atoms with van der Waals surface area (Å²) in [6.45, 7) is 3.79. The highest BCUT2D eigenvalue weighted by Crippen LogP contribution is 2.35. The summed E-state index contributed by atoms with van der Waals surface area (Å²) in [5, 5.41) is 17.5. The van der Waals surface area contributed by atoms with Crippen LogP contribution in [0.2, 0.25) is 0 Å². The van der Waals surface area contributed by atoms with Crippen LogP contribution in [0, 0.1) is 5.41 Å². The van der Waals surface area contributed by atoms with Gasteiger partial charge in [-0.3, -0.25) is 9.59 Å². The van der Waals surface area contributed by atoms with Crippen molar-refractivity contribution in [3.63, 3.8) is 0 Å². The molecule has 2 N–H and O–H groups in total. The summed E-state index contributed by atoms with van der Waals surface area (Å²) in [5.41, 5.74) is -0.563. The number of carboxylic acids is 2. The van der Waals surface area contributed by atoms with Gasteiger partial charge in [-0.2, -0.15) is 0 Å². The maximum absolute atomic E-state index is 10.6. The largest absolute Gasteiger partial charge is 0.481 e. The van der Waals surface area contributed by atoms with E-state index in [1.807, 2.05) is 13.8 Å². The predicted octanol–water partition coefficient (Wildman–Crippen LogP) is 2.13. The van der Waals surface area contributed by atoms with Crippen LogP contribution in [-0.4, -0.2) is 22.2 Å². The average Bonchev–Trinajstić information content (AvgIpc) is 2.02. The molecule has 0 rings (SSSR count). The fraction of sp³-hybridized carbons (Fsp3) is 0.800. The van der Waals surface area contributed by atoms with Crippen molar-refractivity contribution in [2.45, 2.75) is 46.0 Å². The average molecular weight is 202 g/mol. The van der Waals surface area contributed by atoms with Gasteiger partial charge in [-0.25, -0.2) is 0 Å². The van der Waals surface area contributed by atoms with Crippen LogP contribution in [0.25, 0.3) is 0 Å². The molecule has 0 atom stereocenters. The first kappa shape index (κ1) is 12.9. The highest BCUT2D eigenvalue weighted by Gasteiger charge is 2.32. The van der Waals surface area contributed by atoms with E-state index in [2.05, 4.69) is 0 Å². The highest BCUT2D eigenvalue weighted by atomic mass is 16.4. The fourth-order valence-corrected chi connectivity index (χ4v) is 1.84. The number of rotatable bonds is 7. The number of carbonyl (C=O) groups is 2. The predicted molar refractivity (Wildman–Crippen MR) is 52.1 cm³/mol. The third kappa shape index (κ3) is 4.25. The lowest BCUT2D eigenvalue weighted by Crippen LogP contribution is -2.27. The van der Waals surface area contributed by atoms with E-state index in [1.54, 1.807) is 0 Å². The molecule has 0 saturated carbocycles. The summed E-state index contributed by atoms with van der Waals surface area (Å²) in [5.74, 6) is -1.83. The molecule has 0 saturated heterocycles. The number of hydrogen-bond acceptors (Lipinski definition) is 2. The maximum Gasteiger partial charge on any atom is 0.303 e. The molecule has 0 aliphatic heterocycles. The van der Waals surface area contributed by atoms with Crippen LogP contribution in [0.1, 0.15) is 46.0 Å². The monoisotopic (exact) mass is 202 g/mol. The molecule has 4 nitrogen and oxygen atoms in total. The van der Waals surface area contributed by atoms with E-state index in [4.69, 9.17) is 10.2 Å². The van der Waals surface area contributed by atoms with Crippen molar-refractivity contribution in [2.24, 2.45) is 5.41 Å². The second-order valence-corrected chi connectivity index (χ2v) is 3.74. The van der Waals surface area contributed by atoms with Crippen molar-refractivity contribution in [1.29, 1.82) is 0 Å². The van der Waals surface area contributed by atoms with Crippen molar-refractivity contribution < 1.29 is 19.8 Å². The summed E-state index contributed by atoms with van der Waals surface area (Å²) in [4.78, 5) is 21.3. The van der Waals surface area contributed by atoms with E-state index in [1.165, 1.54) is 0 Å². The molecule has 0 bridgehead atoms. The standard InChI is InChI=1S/C10H18O4/c1-3-5-10(4-2,6-8(11)12)7-9(13)14/h3-7H2,1-2H3,(H,11,12)(H,13,14). The molecule has 14 heavy (non-hydrogen) atoms. The lowest BCUT2D eigenvalue weighted by atomic mass is 9.75. The Labute approximate surface area is 83.9 Å². The molecule has 0 unspecified atom stereocenters. The number of hydrogen-bond donors (Lipinski definition) is 2. The van der Waals surface area contributed by atoms with Crippen molar-refractivity contribution in [1.82, 2.24) is 0 Å². The molecular weight excluding hydrogens is 184 g/mol. The van der Waals surface area contributed by atoms with Gasteiger partial charge in [-0.05, 0) is 18.3 Å². The fourth-order valence-electron chi connectivity index (χ4n) is 1.84. The van der Waals surface area contributed by atoms with Gasteiger partial charge >= 0.3 is 11.9 Å². The molecular formula is C10H18O4. The van der Waals surface area contributed by atoms with E-state index in [0.717, 1.165) is 6.42 Å². The van der Waals surface area contributed by atoms with Crippen LogP contribution < -0.4 is 0 Å². The molecule has 4 heteroatoms. The van der Waals surface area contributed by atoms with Gasteiger partial charge in [0.2, 0.25) is 0 Å². The van der Waals surface area contributed by atoms with Crippen molar-refractivity contribution in [3.05, 3.63) is 0 Å². The maximum atomic E-state index is 10.6. The van der Waals surface area contributed by atoms with Crippen LogP contribution in [0.5, 0.6) is 0 Å². The van der Waals surface area contributed by atoms with Crippen LogP contribution in [0.3, 0.4) is 0 Å². The molecule has 0 aromatic heterocycles. The molecule has 0 aromatic carbocycles. The zero-order valence-corrected chi connectivity index (χ0v) is 8.75. The lowest BCUT2D eigenvalue weighted by Gasteiger charge is -2.29. The van der Waals surface area contributed by atoms with Gasteiger partial charge in [0.25, 0.3) is 0 Å². The second kappa shape index (κ2) is 5.62. The van der Waals surface area contributed by atoms with Gasteiger partial charge in [-0.15, -0.1) is 0 Å². The molecule has 0 fully saturated rings. The second-order valence-electron chi connectivity index (χ2n) is 3.74. The van der Waals surface area contributed by atoms with E-state index in [-0.39, 0.29) is 12.8 Å². The summed E-state index contributed by atoms with van der Waals surface area (Å²) in [6, 6.07) is 0. The molecule has 0 spiro atoms. The summed E-state index contributed by atoms with van der Waals surface area (Å²) < 4.78 is 0. The topological polar surface area (TPSA) is 74.6 Å². The van der Waals surface area contributed by atoms with Gasteiger partial charge in [0.1, 0.15) is 0 Å². The van der Waals surface area contributed by atoms with Gasteiger partial charge in [0, 0.05) is 0 Å².